The van der Waals surface area contributed by atoms with E-state index in [1.165, 1.54) is 6.21 Å². The van der Waals surface area contributed by atoms with Gasteiger partial charge in [0.1, 0.15) is 5.69 Å². The summed E-state index contributed by atoms with van der Waals surface area (Å²) in [5, 5.41) is 10.5. The number of nitrogens with zero attached hydrogens (tertiary/aromatic N) is 3. The van der Waals surface area contributed by atoms with Crippen molar-refractivity contribution in [3.63, 3.8) is 0 Å². The third kappa shape index (κ3) is 4.04. The van der Waals surface area contributed by atoms with E-state index in [1.54, 1.807) is 26.2 Å². The number of benzene rings is 1. The maximum absolute atomic E-state index is 12.0. The minimum absolute atomic E-state index is 0.131. The van der Waals surface area contributed by atoms with Crippen molar-refractivity contribution < 1.29 is 9.47 Å². The normalized spacial score (nSPS) is 10.9. The Hall–Kier alpha value is -2.48. The molecule has 0 unspecified atom stereocenters. The number of nitrogens with one attached hydrogen (secondary N) is 1. The molecule has 122 valence electrons. The van der Waals surface area contributed by atoms with E-state index in [0.717, 1.165) is 16.7 Å². The Morgan fingerprint density at radius 3 is 2.91 bits per heavy atom. The first-order valence-corrected chi connectivity index (χ1v) is 7.51. The summed E-state index contributed by atoms with van der Waals surface area (Å²) in [7, 11) is 1.57. The summed E-state index contributed by atoms with van der Waals surface area (Å²) in [4.78, 5) is 12.0. The number of aryl methyl sites for hydroxylation is 1. The fourth-order valence-electron chi connectivity index (χ4n) is 1.80. The fraction of sp³-hybridized carbons (Fsp3) is 0.333. The summed E-state index contributed by atoms with van der Waals surface area (Å²) < 4.78 is 12.1. The molecule has 1 N–H and O–H groups in total. The van der Waals surface area contributed by atoms with Crippen LogP contribution < -0.4 is 15.0 Å². The Morgan fingerprint density at radius 1 is 1.43 bits per heavy atom. The quantitative estimate of drug-likeness (QED) is 0.647. The Morgan fingerprint density at radius 2 is 2.22 bits per heavy atom. The van der Waals surface area contributed by atoms with Gasteiger partial charge in [-0.3, -0.25) is 9.89 Å². The van der Waals surface area contributed by atoms with Gasteiger partial charge in [-0.1, -0.05) is 6.92 Å². The van der Waals surface area contributed by atoms with Crippen LogP contribution in [0, 0.1) is 11.7 Å². The van der Waals surface area contributed by atoms with Crippen molar-refractivity contribution in [2.75, 3.05) is 13.7 Å². The van der Waals surface area contributed by atoms with Crippen molar-refractivity contribution >= 4 is 18.4 Å². The second kappa shape index (κ2) is 7.68. The van der Waals surface area contributed by atoms with E-state index in [4.69, 9.17) is 21.7 Å². The minimum atomic E-state index is -0.361. The molecule has 0 radical (unpaired) electrons. The molecular weight excluding hydrogens is 316 g/mol. The van der Waals surface area contributed by atoms with E-state index in [1.807, 2.05) is 13.0 Å². The van der Waals surface area contributed by atoms with Gasteiger partial charge >= 0.3 is 0 Å². The van der Waals surface area contributed by atoms with Crippen molar-refractivity contribution in [1.29, 1.82) is 0 Å². The lowest BCUT2D eigenvalue weighted by molar-refractivity contribution is 0.294. The summed E-state index contributed by atoms with van der Waals surface area (Å²) in [6.07, 6.45) is 2.44. The highest BCUT2D eigenvalue weighted by Gasteiger charge is 2.05. The number of H-pyrrole nitrogens is 1. The van der Waals surface area contributed by atoms with Crippen LogP contribution in [0.1, 0.15) is 24.6 Å². The molecule has 0 saturated heterocycles. The topological polar surface area (TPSA) is 81.5 Å². The summed E-state index contributed by atoms with van der Waals surface area (Å²) >= 11 is 5.02. The predicted molar refractivity (Wildman–Crippen MR) is 90.2 cm³/mol. The fourth-order valence-corrected chi connectivity index (χ4v) is 1.97. The van der Waals surface area contributed by atoms with Gasteiger partial charge in [-0.25, -0.2) is 0 Å². The van der Waals surface area contributed by atoms with Crippen LogP contribution in [0.25, 0.3) is 0 Å². The van der Waals surface area contributed by atoms with Crippen LogP contribution in [0.2, 0.25) is 0 Å². The van der Waals surface area contributed by atoms with Gasteiger partial charge < -0.3 is 9.47 Å². The first-order chi connectivity index (χ1) is 11.1. The first kappa shape index (κ1) is 16.9. The molecule has 0 aliphatic heterocycles. The molecule has 8 heteroatoms. The van der Waals surface area contributed by atoms with E-state index in [0.29, 0.717) is 18.1 Å². The van der Waals surface area contributed by atoms with Crippen molar-refractivity contribution in [3.8, 4) is 11.5 Å². The van der Waals surface area contributed by atoms with E-state index >= 15 is 0 Å². The Kier molecular flexibility index (Phi) is 5.64. The van der Waals surface area contributed by atoms with Gasteiger partial charge in [0.05, 0.1) is 19.9 Å². The number of hydrogen-bond acceptors (Lipinski definition) is 6. The van der Waals surface area contributed by atoms with Gasteiger partial charge in [-0.15, -0.1) is 0 Å². The Labute approximate surface area is 138 Å². The van der Waals surface area contributed by atoms with Crippen LogP contribution in [0.5, 0.6) is 11.5 Å². The van der Waals surface area contributed by atoms with Gasteiger partial charge in [0, 0.05) is 0 Å². The zero-order valence-electron chi connectivity index (χ0n) is 13.2. The van der Waals surface area contributed by atoms with Crippen LogP contribution in [0.3, 0.4) is 0 Å². The van der Waals surface area contributed by atoms with E-state index < -0.39 is 0 Å². The molecule has 0 bridgehead atoms. The summed E-state index contributed by atoms with van der Waals surface area (Å²) in [6, 6.07) is 5.40. The molecule has 0 atom stereocenters. The van der Waals surface area contributed by atoms with Gasteiger partial charge in [0.15, 0.2) is 11.5 Å². The van der Waals surface area contributed by atoms with Crippen LogP contribution in [-0.4, -0.2) is 34.8 Å². The number of methoxy groups -OCH3 is 1. The third-order valence-electron chi connectivity index (χ3n) is 2.99. The molecule has 1 aromatic carbocycles. The zero-order valence-corrected chi connectivity index (χ0v) is 14.0. The number of aromatic amines is 1. The highest BCUT2D eigenvalue weighted by molar-refractivity contribution is 7.71. The third-order valence-corrected chi connectivity index (χ3v) is 3.25. The summed E-state index contributed by atoms with van der Waals surface area (Å²) in [5.41, 5.74) is 0.679. The lowest BCUT2D eigenvalue weighted by Crippen LogP contribution is -2.22. The van der Waals surface area contributed by atoms with E-state index in [2.05, 4.69) is 15.3 Å². The van der Waals surface area contributed by atoms with Crippen molar-refractivity contribution in [2.24, 2.45) is 5.10 Å². The molecule has 2 aromatic rings. The second-order valence-corrected chi connectivity index (χ2v) is 5.12. The highest BCUT2D eigenvalue weighted by Crippen LogP contribution is 2.27. The van der Waals surface area contributed by atoms with Crippen molar-refractivity contribution in [2.45, 2.75) is 20.3 Å². The molecule has 0 aliphatic carbocycles. The molecule has 2 rings (SSSR count). The molecule has 0 amide bonds. The van der Waals surface area contributed by atoms with Gasteiger partial charge in [0.25, 0.3) is 5.56 Å². The van der Waals surface area contributed by atoms with Crippen LogP contribution in [0.4, 0.5) is 0 Å². The number of hydrogen-bond donors (Lipinski definition) is 1. The summed E-state index contributed by atoms with van der Waals surface area (Å²) in [5.74, 6) is 1.27. The maximum atomic E-state index is 12.0. The monoisotopic (exact) mass is 334 g/mol. The number of aromatic nitrogens is 3. The average molecular weight is 334 g/mol. The maximum Gasteiger partial charge on any atom is 0.296 e. The SMILES string of the molecule is CCCOc1ccc(/C=N/n2c(=S)[nH]nc(C)c2=O)cc1OC. The lowest BCUT2D eigenvalue weighted by Gasteiger charge is -2.10. The molecule has 0 spiro atoms. The first-order valence-electron chi connectivity index (χ1n) is 7.10. The smallest absolute Gasteiger partial charge is 0.296 e. The minimum Gasteiger partial charge on any atom is -0.493 e. The molecule has 23 heavy (non-hydrogen) atoms. The van der Waals surface area contributed by atoms with E-state index in [9.17, 15) is 4.79 Å². The van der Waals surface area contributed by atoms with Crippen LogP contribution in [0.15, 0.2) is 28.1 Å². The van der Waals surface area contributed by atoms with Gasteiger partial charge in [-0.2, -0.15) is 14.9 Å². The molecule has 7 nitrogen and oxygen atoms in total. The van der Waals surface area contributed by atoms with Crippen LogP contribution >= 0.6 is 12.2 Å². The highest BCUT2D eigenvalue weighted by atomic mass is 32.1. The standard InChI is InChI=1S/C15H18N4O3S/c1-4-7-22-12-6-5-11(8-13(12)21-3)9-16-19-14(20)10(2)17-18-15(19)23/h5-6,8-9H,4,7H2,1-3H3,(H,18,23)/b16-9+. The Balaban J connectivity index is 2.32. The number of ether oxygens (including phenoxy) is 2. The van der Waals surface area contributed by atoms with Crippen molar-refractivity contribution in [3.05, 3.63) is 44.6 Å². The molecule has 1 heterocycles. The lowest BCUT2D eigenvalue weighted by atomic mass is 10.2. The molecule has 0 aliphatic rings. The molecular formula is C15H18N4O3S. The average Bonchev–Trinajstić information content (AvgIpc) is 2.56. The van der Waals surface area contributed by atoms with Crippen molar-refractivity contribution in [1.82, 2.24) is 14.9 Å². The van der Waals surface area contributed by atoms with Gasteiger partial charge in [-0.05, 0) is 49.3 Å². The van der Waals surface area contributed by atoms with E-state index in [-0.39, 0.29) is 16.0 Å². The van der Waals surface area contributed by atoms with Crippen LogP contribution in [-0.2, 0) is 0 Å². The predicted octanol–water partition coefficient (Wildman–Crippen LogP) is 2.29. The summed E-state index contributed by atoms with van der Waals surface area (Å²) in [6.45, 7) is 4.23. The molecule has 0 fully saturated rings. The molecule has 0 saturated carbocycles. The molecule has 1 aromatic heterocycles. The second-order valence-electron chi connectivity index (χ2n) is 4.73. The number of rotatable bonds is 6. The Bertz CT molecular complexity index is 826. The largest absolute Gasteiger partial charge is 0.493 e. The zero-order chi connectivity index (χ0) is 16.8. The van der Waals surface area contributed by atoms with Gasteiger partial charge in [0.2, 0.25) is 4.77 Å².